The molecule has 0 saturated carbocycles. The number of para-hydroxylation sites is 1. The molecular formula is C25H23N3O3. The maximum atomic E-state index is 13.0. The van der Waals surface area contributed by atoms with E-state index in [1.165, 1.54) is 4.90 Å². The average molecular weight is 413 g/mol. The predicted octanol–water partition coefficient (Wildman–Crippen LogP) is 4.82. The van der Waals surface area contributed by atoms with Crippen molar-refractivity contribution in [2.75, 3.05) is 18.9 Å². The van der Waals surface area contributed by atoms with E-state index in [-0.39, 0.29) is 18.4 Å². The molecule has 31 heavy (non-hydrogen) atoms. The van der Waals surface area contributed by atoms with Crippen molar-refractivity contribution >= 4 is 28.4 Å². The highest BCUT2D eigenvalue weighted by Gasteiger charge is 2.18. The van der Waals surface area contributed by atoms with Gasteiger partial charge in [0.2, 0.25) is 5.91 Å². The predicted molar refractivity (Wildman–Crippen MR) is 121 cm³/mol. The number of nitrogens with zero attached hydrogens (tertiary/aromatic N) is 2. The van der Waals surface area contributed by atoms with Crippen molar-refractivity contribution in [3.8, 4) is 11.3 Å². The van der Waals surface area contributed by atoms with Crippen LogP contribution in [-0.4, -0.2) is 35.5 Å². The number of carbonyl (C=O) groups excluding carboxylic acids is 2. The lowest BCUT2D eigenvalue weighted by Crippen LogP contribution is -2.35. The first-order valence-corrected chi connectivity index (χ1v) is 10.0. The van der Waals surface area contributed by atoms with Crippen molar-refractivity contribution in [3.63, 3.8) is 0 Å². The van der Waals surface area contributed by atoms with Crippen LogP contribution in [0.2, 0.25) is 0 Å². The second-order valence-electron chi connectivity index (χ2n) is 7.59. The number of hydrogen-bond donors (Lipinski definition) is 1. The van der Waals surface area contributed by atoms with Gasteiger partial charge in [-0.15, -0.1) is 0 Å². The zero-order valence-corrected chi connectivity index (χ0v) is 17.7. The van der Waals surface area contributed by atoms with Crippen LogP contribution in [0.15, 0.2) is 71.3 Å². The molecule has 1 heterocycles. The van der Waals surface area contributed by atoms with Gasteiger partial charge in [-0.05, 0) is 43.2 Å². The number of carbonyl (C=O) groups is 2. The third kappa shape index (κ3) is 4.19. The third-order valence-electron chi connectivity index (χ3n) is 5.23. The molecule has 1 N–H and O–H groups in total. The van der Waals surface area contributed by atoms with Crippen LogP contribution in [0.1, 0.15) is 21.5 Å². The fourth-order valence-corrected chi connectivity index (χ4v) is 3.57. The van der Waals surface area contributed by atoms with Crippen LogP contribution >= 0.6 is 0 Å². The zero-order valence-electron chi connectivity index (χ0n) is 17.7. The Morgan fingerprint density at radius 3 is 2.39 bits per heavy atom. The fourth-order valence-electron chi connectivity index (χ4n) is 3.57. The van der Waals surface area contributed by atoms with Crippen molar-refractivity contribution < 1.29 is 14.1 Å². The smallest absolute Gasteiger partial charge is 0.254 e. The van der Waals surface area contributed by atoms with E-state index in [1.54, 1.807) is 25.2 Å². The first-order valence-electron chi connectivity index (χ1n) is 10.0. The normalized spacial score (nSPS) is 10.8. The molecule has 4 aromatic rings. The number of likely N-dealkylation sites (N-methyl/N-ethyl adjacent to an activating group) is 1. The lowest BCUT2D eigenvalue weighted by Gasteiger charge is -2.18. The number of amides is 2. The topological polar surface area (TPSA) is 75.4 Å². The van der Waals surface area contributed by atoms with Crippen molar-refractivity contribution in [2.24, 2.45) is 0 Å². The van der Waals surface area contributed by atoms with Crippen molar-refractivity contribution in [3.05, 3.63) is 83.4 Å². The summed E-state index contributed by atoms with van der Waals surface area (Å²) in [6.07, 6.45) is 0. The Morgan fingerprint density at radius 1 is 0.968 bits per heavy atom. The number of fused-ring (bicyclic) bond motifs is 1. The molecule has 0 aliphatic carbocycles. The van der Waals surface area contributed by atoms with E-state index in [9.17, 15) is 9.59 Å². The minimum Gasteiger partial charge on any atom is -0.355 e. The van der Waals surface area contributed by atoms with Crippen molar-refractivity contribution in [1.29, 1.82) is 0 Å². The Balaban J connectivity index is 1.53. The molecule has 4 rings (SSSR count). The van der Waals surface area contributed by atoms with E-state index in [4.69, 9.17) is 4.52 Å². The molecule has 0 unspecified atom stereocenters. The second-order valence-corrected chi connectivity index (χ2v) is 7.59. The van der Waals surface area contributed by atoms with E-state index < -0.39 is 0 Å². The SMILES string of the molecule is Cc1cccc(C)c1NC(=O)CN(C)C(=O)c1ccc2noc(-c3ccccc3)c2c1. The quantitative estimate of drug-likeness (QED) is 0.509. The molecule has 0 saturated heterocycles. The van der Waals surface area contributed by atoms with Gasteiger partial charge in [-0.2, -0.15) is 0 Å². The summed E-state index contributed by atoms with van der Waals surface area (Å²) >= 11 is 0. The van der Waals surface area contributed by atoms with Gasteiger partial charge in [-0.3, -0.25) is 9.59 Å². The van der Waals surface area contributed by atoms with Gasteiger partial charge in [0.15, 0.2) is 5.76 Å². The van der Waals surface area contributed by atoms with Crippen LogP contribution in [0.25, 0.3) is 22.2 Å². The third-order valence-corrected chi connectivity index (χ3v) is 5.23. The minimum atomic E-state index is -0.251. The molecule has 2 amide bonds. The first kappa shape index (κ1) is 20.3. The lowest BCUT2D eigenvalue weighted by atomic mass is 10.1. The molecule has 0 radical (unpaired) electrons. The molecule has 0 aliphatic rings. The highest BCUT2D eigenvalue weighted by atomic mass is 16.5. The molecule has 6 heteroatoms. The summed E-state index contributed by atoms with van der Waals surface area (Å²) in [4.78, 5) is 26.9. The standard InChI is InChI=1S/C25H23N3O3/c1-16-8-7-9-17(2)23(16)26-22(29)15-28(3)25(30)19-12-13-21-20(14-19)24(31-27-21)18-10-5-4-6-11-18/h4-14H,15H2,1-3H3,(H,26,29). The molecule has 0 spiro atoms. The van der Waals surface area contributed by atoms with Crippen LogP contribution in [0.5, 0.6) is 0 Å². The molecule has 3 aromatic carbocycles. The number of aryl methyl sites for hydroxylation is 2. The Labute approximate surface area is 180 Å². The molecule has 0 bridgehead atoms. The molecule has 0 atom stereocenters. The van der Waals surface area contributed by atoms with Crippen LogP contribution in [0.3, 0.4) is 0 Å². The van der Waals surface area contributed by atoms with Crippen molar-refractivity contribution in [2.45, 2.75) is 13.8 Å². The van der Waals surface area contributed by atoms with Gasteiger partial charge in [0.25, 0.3) is 5.91 Å². The summed E-state index contributed by atoms with van der Waals surface area (Å²) < 4.78 is 5.51. The summed E-state index contributed by atoms with van der Waals surface area (Å²) in [5.74, 6) is 0.115. The maximum absolute atomic E-state index is 13.0. The van der Waals surface area contributed by atoms with E-state index in [0.717, 1.165) is 27.8 Å². The Bertz CT molecular complexity index is 1240. The van der Waals surface area contributed by atoms with Crippen LogP contribution in [0.4, 0.5) is 5.69 Å². The highest BCUT2D eigenvalue weighted by Crippen LogP contribution is 2.29. The summed E-state index contributed by atoms with van der Waals surface area (Å²) in [5.41, 5.74) is 4.77. The van der Waals surface area contributed by atoms with Gasteiger partial charge in [-0.1, -0.05) is 53.7 Å². The van der Waals surface area contributed by atoms with Gasteiger partial charge >= 0.3 is 0 Å². The summed E-state index contributed by atoms with van der Waals surface area (Å²) in [6, 6.07) is 20.7. The van der Waals surface area contributed by atoms with Gasteiger partial charge in [0.05, 0.1) is 11.9 Å². The number of benzene rings is 3. The number of anilines is 1. The molecule has 0 fully saturated rings. The van der Waals surface area contributed by atoms with Crippen LogP contribution in [0, 0.1) is 13.8 Å². The van der Waals surface area contributed by atoms with E-state index in [0.29, 0.717) is 16.8 Å². The molecule has 0 aliphatic heterocycles. The number of nitrogens with one attached hydrogen (secondary N) is 1. The number of rotatable bonds is 5. The first-order chi connectivity index (χ1) is 14.9. The van der Waals surface area contributed by atoms with Gasteiger partial charge in [0.1, 0.15) is 5.52 Å². The summed E-state index contributed by atoms with van der Waals surface area (Å²) in [5, 5.41) is 7.76. The zero-order chi connectivity index (χ0) is 22.0. The second kappa shape index (κ2) is 8.44. The van der Waals surface area contributed by atoms with Crippen molar-refractivity contribution in [1.82, 2.24) is 10.1 Å². The molecular weight excluding hydrogens is 390 g/mol. The Kier molecular flexibility index (Phi) is 5.54. The molecule has 1 aromatic heterocycles. The van der Waals surface area contributed by atoms with Crippen LogP contribution < -0.4 is 5.32 Å². The average Bonchev–Trinajstić information content (AvgIpc) is 3.19. The van der Waals surface area contributed by atoms with Gasteiger partial charge < -0.3 is 14.7 Å². The van der Waals surface area contributed by atoms with Crippen LogP contribution in [-0.2, 0) is 4.79 Å². The number of hydrogen-bond acceptors (Lipinski definition) is 4. The largest absolute Gasteiger partial charge is 0.355 e. The fraction of sp³-hybridized carbons (Fsp3) is 0.160. The maximum Gasteiger partial charge on any atom is 0.254 e. The minimum absolute atomic E-state index is 0.0557. The lowest BCUT2D eigenvalue weighted by molar-refractivity contribution is -0.116. The monoisotopic (exact) mass is 413 g/mol. The Hall–Kier alpha value is -3.93. The molecule has 6 nitrogen and oxygen atoms in total. The van der Waals surface area contributed by atoms with E-state index in [2.05, 4.69) is 10.5 Å². The van der Waals surface area contributed by atoms with Gasteiger partial charge in [0, 0.05) is 23.9 Å². The molecule has 156 valence electrons. The van der Waals surface area contributed by atoms with E-state index in [1.807, 2.05) is 62.4 Å². The van der Waals surface area contributed by atoms with Gasteiger partial charge in [-0.25, -0.2) is 0 Å². The highest BCUT2D eigenvalue weighted by molar-refractivity contribution is 6.03. The van der Waals surface area contributed by atoms with E-state index >= 15 is 0 Å². The number of aromatic nitrogens is 1. The summed E-state index contributed by atoms with van der Waals surface area (Å²) in [6.45, 7) is 3.83. The Morgan fingerprint density at radius 2 is 1.68 bits per heavy atom. The summed E-state index contributed by atoms with van der Waals surface area (Å²) in [7, 11) is 1.61.